The number of benzene rings is 1. The van der Waals surface area contributed by atoms with Gasteiger partial charge in [-0.3, -0.25) is 0 Å². The van der Waals surface area contributed by atoms with E-state index in [1.165, 1.54) is 0 Å². The molecule has 0 aliphatic rings. The van der Waals surface area contributed by atoms with Gasteiger partial charge in [-0.2, -0.15) is 0 Å². The maximum absolute atomic E-state index is 11.4. The van der Waals surface area contributed by atoms with E-state index in [4.69, 9.17) is 4.74 Å². The van der Waals surface area contributed by atoms with Gasteiger partial charge in [-0.05, 0) is 12.0 Å². The highest BCUT2D eigenvalue weighted by molar-refractivity contribution is 5.67. The molecule has 0 saturated heterocycles. The zero-order chi connectivity index (χ0) is 11.8. The molecule has 86 valence electrons. The molecule has 1 rings (SSSR count). The Balaban J connectivity index is 2.33. The zero-order valence-corrected chi connectivity index (χ0v) is 9.48. The summed E-state index contributed by atoms with van der Waals surface area (Å²) in [6.07, 6.45) is 2.10. The number of amides is 1. The van der Waals surface area contributed by atoms with Crippen molar-refractivity contribution in [3.63, 3.8) is 0 Å². The van der Waals surface area contributed by atoms with Gasteiger partial charge in [0, 0.05) is 6.04 Å². The Kier molecular flexibility index (Phi) is 5.12. The minimum Gasteiger partial charge on any atom is -0.445 e. The van der Waals surface area contributed by atoms with Gasteiger partial charge in [-0.1, -0.05) is 43.3 Å². The lowest BCUT2D eigenvalue weighted by Gasteiger charge is -2.12. The summed E-state index contributed by atoms with van der Waals surface area (Å²) in [6, 6.07) is 9.55. The minimum atomic E-state index is -0.407. The van der Waals surface area contributed by atoms with Crippen molar-refractivity contribution in [3.8, 4) is 0 Å². The fraction of sp³-hybridized carbons (Fsp3) is 0.308. The van der Waals surface area contributed by atoms with Crippen molar-refractivity contribution in [1.29, 1.82) is 0 Å². The molecule has 0 spiro atoms. The second kappa shape index (κ2) is 6.67. The highest BCUT2D eigenvalue weighted by Crippen LogP contribution is 2.01. The molecule has 1 amide bonds. The summed E-state index contributed by atoms with van der Waals surface area (Å²) < 4.78 is 5.06. The molecule has 0 saturated carbocycles. The van der Waals surface area contributed by atoms with Crippen molar-refractivity contribution in [1.82, 2.24) is 5.32 Å². The molecule has 1 aromatic carbocycles. The van der Waals surface area contributed by atoms with Crippen molar-refractivity contribution >= 4 is 6.09 Å². The monoisotopic (exact) mass is 219 g/mol. The second-order valence-electron chi connectivity index (χ2n) is 3.46. The third-order valence-corrected chi connectivity index (χ3v) is 2.24. The molecule has 0 aliphatic heterocycles. The molecule has 0 unspecified atom stereocenters. The van der Waals surface area contributed by atoms with Crippen LogP contribution in [0.4, 0.5) is 4.79 Å². The number of alkyl carbamates (subject to hydrolysis) is 1. The number of rotatable bonds is 5. The van der Waals surface area contributed by atoms with Gasteiger partial charge >= 0.3 is 6.09 Å². The molecular formula is C13H17NO2. The molecular weight excluding hydrogens is 202 g/mol. The lowest BCUT2D eigenvalue weighted by Crippen LogP contribution is -2.33. The number of carbonyl (C=O) groups excluding carboxylic acids is 1. The van der Waals surface area contributed by atoms with E-state index in [2.05, 4.69) is 11.9 Å². The smallest absolute Gasteiger partial charge is 0.407 e. The number of hydrogen-bond donors (Lipinski definition) is 1. The summed E-state index contributed by atoms with van der Waals surface area (Å²) in [5, 5.41) is 2.71. The molecule has 16 heavy (non-hydrogen) atoms. The van der Waals surface area contributed by atoms with Crippen molar-refractivity contribution < 1.29 is 9.53 Å². The Bertz CT molecular complexity index is 335. The predicted octanol–water partition coefficient (Wildman–Crippen LogP) is 2.88. The van der Waals surface area contributed by atoms with Gasteiger partial charge in [0.1, 0.15) is 6.61 Å². The summed E-state index contributed by atoms with van der Waals surface area (Å²) >= 11 is 0. The van der Waals surface area contributed by atoms with E-state index in [-0.39, 0.29) is 6.04 Å². The average molecular weight is 219 g/mol. The van der Waals surface area contributed by atoms with Gasteiger partial charge in [0.2, 0.25) is 0 Å². The first kappa shape index (κ1) is 12.3. The maximum atomic E-state index is 11.4. The first-order valence-corrected chi connectivity index (χ1v) is 5.36. The van der Waals surface area contributed by atoms with E-state index < -0.39 is 6.09 Å². The van der Waals surface area contributed by atoms with Gasteiger partial charge in [0.05, 0.1) is 0 Å². The molecule has 0 bridgehead atoms. The summed E-state index contributed by atoms with van der Waals surface area (Å²) in [6.45, 7) is 5.90. The molecule has 0 heterocycles. The molecule has 1 N–H and O–H groups in total. The van der Waals surface area contributed by atoms with E-state index in [1.807, 2.05) is 37.3 Å². The van der Waals surface area contributed by atoms with Crippen molar-refractivity contribution in [2.75, 3.05) is 0 Å². The summed E-state index contributed by atoms with van der Waals surface area (Å²) in [4.78, 5) is 11.4. The third-order valence-electron chi connectivity index (χ3n) is 2.24. The lowest BCUT2D eigenvalue weighted by molar-refractivity contribution is 0.137. The van der Waals surface area contributed by atoms with E-state index >= 15 is 0 Å². The van der Waals surface area contributed by atoms with Crippen molar-refractivity contribution in [2.45, 2.75) is 26.0 Å². The van der Waals surface area contributed by atoms with Crippen LogP contribution in [0.3, 0.4) is 0 Å². The van der Waals surface area contributed by atoms with Crippen LogP contribution in [0, 0.1) is 0 Å². The number of nitrogens with one attached hydrogen (secondary N) is 1. The van der Waals surface area contributed by atoms with E-state index in [0.717, 1.165) is 12.0 Å². The summed E-state index contributed by atoms with van der Waals surface area (Å²) in [7, 11) is 0. The predicted molar refractivity (Wildman–Crippen MR) is 64.0 cm³/mol. The number of hydrogen-bond acceptors (Lipinski definition) is 2. The van der Waals surface area contributed by atoms with Crippen LogP contribution in [0.25, 0.3) is 0 Å². The van der Waals surface area contributed by atoms with E-state index in [0.29, 0.717) is 6.61 Å². The highest BCUT2D eigenvalue weighted by atomic mass is 16.5. The largest absolute Gasteiger partial charge is 0.445 e. The minimum absolute atomic E-state index is 0.0247. The Hall–Kier alpha value is -1.77. The molecule has 1 atom stereocenters. The van der Waals surface area contributed by atoms with Crippen molar-refractivity contribution in [3.05, 3.63) is 48.6 Å². The number of carbonyl (C=O) groups is 1. The van der Waals surface area contributed by atoms with Gasteiger partial charge in [0.15, 0.2) is 0 Å². The highest BCUT2D eigenvalue weighted by Gasteiger charge is 2.07. The molecule has 3 nitrogen and oxygen atoms in total. The third kappa shape index (κ3) is 4.17. The molecule has 1 aromatic rings. The molecule has 0 fully saturated rings. The molecule has 3 heteroatoms. The van der Waals surface area contributed by atoms with Crippen molar-refractivity contribution in [2.24, 2.45) is 0 Å². The second-order valence-corrected chi connectivity index (χ2v) is 3.46. The van der Waals surface area contributed by atoms with Crippen LogP contribution in [-0.2, 0) is 11.3 Å². The summed E-state index contributed by atoms with van der Waals surface area (Å²) in [5.74, 6) is 0. The Morgan fingerprint density at radius 3 is 2.75 bits per heavy atom. The van der Waals surface area contributed by atoms with Crippen LogP contribution in [0.1, 0.15) is 18.9 Å². The molecule has 0 aromatic heterocycles. The van der Waals surface area contributed by atoms with Crippen LogP contribution >= 0.6 is 0 Å². The Morgan fingerprint density at radius 1 is 1.50 bits per heavy atom. The fourth-order valence-electron chi connectivity index (χ4n) is 1.24. The fourth-order valence-corrected chi connectivity index (χ4v) is 1.24. The van der Waals surface area contributed by atoms with Crippen LogP contribution < -0.4 is 5.32 Å². The summed E-state index contributed by atoms with van der Waals surface area (Å²) in [5.41, 5.74) is 0.976. The van der Waals surface area contributed by atoms with Gasteiger partial charge in [-0.15, -0.1) is 6.58 Å². The SMILES string of the molecule is C=C[C@@H](CC)NC(=O)OCc1ccccc1. The quantitative estimate of drug-likeness (QED) is 0.773. The van der Waals surface area contributed by atoms with Gasteiger partial charge in [0.25, 0.3) is 0 Å². The topological polar surface area (TPSA) is 38.3 Å². The number of ether oxygens (including phenoxy) is 1. The van der Waals surface area contributed by atoms with Crippen LogP contribution in [-0.4, -0.2) is 12.1 Å². The van der Waals surface area contributed by atoms with Gasteiger partial charge in [-0.25, -0.2) is 4.79 Å². The first-order chi connectivity index (χ1) is 7.76. The first-order valence-electron chi connectivity index (χ1n) is 5.36. The molecule has 0 aliphatic carbocycles. The Morgan fingerprint density at radius 2 is 2.19 bits per heavy atom. The maximum Gasteiger partial charge on any atom is 0.407 e. The van der Waals surface area contributed by atoms with E-state index in [1.54, 1.807) is 6.08 Å². The van der Waals surface area contributed by atoms with E-state index in [9.17, 15) is 4.79 Å². The average Bonchev–Trinajstić information content (AvgIpc) is 2.34. The zero-order valence-electron chi connectivity index (χ0n) is 9.48. The standard InChI is InChI=1S/C13H17NO2/c1-3-12(4-2)14-13(15)16-10-11-8-6-5-7-9-11/h3,5-9,12H,1,4,10H2,2H3,(H,14,15)/t12-/m0/s1. The Labute approximate surface area is 96.1 Å². The van der Waals surface area contributed by atoms with Crippen LogP contribution in [0.15, 0.2) is 43.0 Å². The van der Waals surface area contributed by atoms with Gasteiger partial charge < -0.3 is 10.1 Å². The molecule has 0 radical (unpaired) electrons. The lowest BCUT2D eigenvalue weighted by atomic mass is 10.2. The van der Waals surface area contributed by atoms with Crippen LogP contribution in [0.2, 0.25) is 0 Å². The normalized spacial score (nSPS) is 11.6. The van der Waals surface area contributed by atoms with Crippen LogP contribution in [0.5, 0.6) is 0 Å².